The molecule has 5 rings (SSSR count). The van der Waals surface area contributed by atoms with Crippen LogP contribution in [-0.2, 0) is 10.0 Å². The smallest absolute Gasteiger partial charge is 0.264 e. The Morgan fingerprint density at radius 1 is 0.844 bits per heavy atom. The summed E-state index contributed by atoms with van der Waals surface area (Å²) in [6.07, 6.45) is 0.171. The number of ketones is 1. The standard InChI is InChI=1S/C25H27N3O3S/c1-18-16-24(29)25-22(27-14-12-26(2)13-15-27)8-5-9-23(25)28(18)32(30,31)21-11-10-19-6-3-4-7-20(19)17-21/h3-11,17-18H,12-16H2,1-2H3/t18-/m0/s1. The number of hydrogen-bond acceptors (Lipinski definition) is 5. The number of sulfonamides is 1. The normalized spacial score (nSPS) is 19.9. The fourth-order valence-corrected chi connectivity index (χ4v) is 6.51. The Hall–Kier alpha value is -2.90. The van der Waals surface area contributed by atoms with Crippen LogP contribution in [0, 0.1) is 0 Å². The predicted octanol–water partition coefficient (Wildman–Crippen LogP) is 3.76. The second-order valence-corrected chi connectivity index (χ2v) is 10.6. The molecule has 166 valence electrons. The van der Waals surface area contributed by atoms with E-state index in [2.05, 4.69) is 16.8 Å². The summed E-state index contributed by atoms with van der Waals surface area (Å²) in [5.41, 5.74) is 1.85. The zero-order valence-corrected chi connectivity index (χ0v) is 19.2. The molecule has 0 saturated carbocycles. The van der Waals surface area contributed by atoms with E-state index in [9.17, 15) is 13.2 Å². The Labute approximate surface area is 189 Å². The van der Waals surface area contributed by atoms with Crippen LogP contribution in [-0.4, -0.2) is 58.4 Å². The summed E-state index contributed by atoms with van der Waals surface area (Å²) >= 11 is 0. The Balaban J connectivity index is 1.61. The summed E-state index contributed by atoms with van der Waals surface area (Å²) in [4.78, 5) is 17.9. The number of nitrogens with zero attached hydrogens (tertiary/aromatic N) is 3. The molecule has 2 aliphatic rings. The molecule has 2 aliphatic heterocycles. The van der Waals surface area contributed by atoms with Crippen molar-refractivity contribution in [3.63, 3.8) is 0 Å². The number of piperazine rings is 1. The highest BCUT2D eigenvalue weighted by atomic mass is 32.2. The molecule has 2 heterocycles. The Morgan fingerprint density at radius 3 is 2.28 bits per heavy atom. The number of Topliss-reactive ketones (excluding diaryl/α,β-unsaturated/α-hetero) is 1. The van der Waals surface area contributed by atoms with Crippen molar-refractivity contribution in [2.24, 2.45) is 0 Å². The summed E-state index contributed by atoms with van der Waals surface area (Å²) in [5, 5.41) is 1.87. The van der Waals surface area contributed by atoms with Gasteiger partial charge in [0, 0.05) is 44.3 Å². The molecule has 1 fully saturated rings. The molecule has 1 atom stereocenters. The van der Waals surface area contributed by atoms with Gasteiger partial charge in [0.1, 0.15) is 0 Å². The van der Waals surface area contributed by atoms with E-state index in [1.54, 1.807) is 18.2 Å². The van der Waals surface area contributed by atoms with E-state index in [1.807, 2.05) is 49.4 Å². The second-order valence-electron chi connectivity index (χ2n) is 8.75. The van der Waals surface area contributed by atoms with Crippen molar-refractivity contribution in [1.29, 1.82) is 0 Å². The first-order valence-electron chi connectivity index (χ1n) is 11.0. The van der Waals surface area contributed by atoms with Crippen molar-refractivity contribution in [2.75, 3.05) is 42.4 Å². The third-order valence-corrected chi connectivity index (χ3v) is 8.46. The van der Waals surface area contributed by atoms with Crippen LogP contribution in [0.15, 0.2) is 65.6 Å². The average molecular weight is 450 g/mol. The number of hydrogen-bond donors (Lipinski definition) is 0. The average Bonchev–Trinajstić information content (AvgIpc) is 2.78. The first-order chi connectivity index (χ1) is 15.4. The SMILES string of the molecule is C[C@H]1CC(=O)c2c(N3CCN(C)CC3)cccc2N1S(=O)(=O)c1ccc2ccccc2c1. The van der Waals surface area contributed by atoms with E-state index in [0.29, 0.717) is 11.3 Å². The van der Waals surface area contributed by atoms with E-state index >= 15 is 0 Å². The lowest BCUT2D eigenvalue weighted by molar-refractivity contribution is 0.0972. The van der Waals surface area contributed by atoms with Gasteiger partial charge in [-0.05, 0) is 49.0 Å². The first kappa shape index (κ1) is 21.0. The lowest BCUT2D eigenvalue weighted by Gasteiger charge is -2.39. The van der Waals surface area contributed by atoms with Gasteiger partial charge < -0.3 is 9.80 Å². The molecule has 0 unspecified atom stereocenters. The van der Waals surface area contributed by atoms with E-state index < -0.39 is 16.1 Å². The molecular formula is C25H27N3O3S. The highest BCUT2D eigenvalue weighted by Gasteiger charge is 2.39. The van der Waals surface area contributed by atoms with Crippen molar-refractivity contribution >= 4 is 38.0 Å². The number of likely N-dealkylation sites (N-methyl/N-ethyl adjacent to an activating group) is 1. The maximum absolute atomic E-state index is 13.8. The number of fused-ring (bicyclic) bond motifs is 2. The fourth-order valence-electron chi connectivity index (χ4n) is 4.81. The highest BCUT2D eigenvalue weighted by Crippen LogP contribution is 2.40. The minimum absolute atomic E-state index is 0.00647. The van der Waals surface area contributed by atoms with Crippen LogP contribution >= 0.6 is 0 Å². The third kappa shape index (κ3) is 3.45. The Morgan fingerprint density at radius 2 is 1.53 bits per heavy atom. The van der Waals surface area contributed by atoms with Gasteiger partial charge in [-0.2, -0.15) is 0 Å². The molecule has 0 radical (unpaired) electrons. The molecule has 0 amide bonds. The fraction of sp³-hybridized carbons (Fsp3) is 0.320. The van der Waals surface area contributed by atoms with Gasteiger partial charge in [0.2, 0.25) is 0 Å². The minimum Gasteiger partial charge on any atom is -0.368 e. The van der Waals surface area contributed by atoms with Gasteiger partial charge in [-0.15, -0.1) is 0 Å². The van der Waals surface area contributed by atoms with Crippen LogP contribution in [0.4, 0.5) is 11.4 Å². The summed E-state index contributed by atoms with van der Waals surface area (Å²) in [6, 6.07) is 18.0. The monoisotopic (exact) mass is 449 g/mol. The van der Waals surface area contributed by atoms with Gasteiger partial charge >= 0.3 is 0 Å². The molecule has 0 aliphatic carbocycles. The maximum atomic E-state index is 13.8. The lowest BCUT2D eigenvalue weighted by Crippen LogP contribution is -2.47. The van der Waals surface area contributed by atoms with Crippen LogP contribution in [0.5, 0.6) is 0 Å². The van der Waals surface area contributed by atoms with Gasteiger partial charge in [-0.3, -0.25) is 9.10 Å². The molecule has 0 aromatic heterocycles. The number of carbonyl (C=O) groups excluding carboxylic acids is 1. The number of anilines is 2. The lowest BCUT2D eigenvalue weighted by atomic mass is 9.95. The van der Waals surface area contributed by atoms with Crippen LogP contribution in [0.3, 0.4) is 0 Å². The zero-order valence-electron chi connectivity index (χ0n) is 18.4. The van der Waals surface area contributed by atoms with E-state index in [4.69, 9.17) is 0 Å². The Bertz CT molecular complexity index is 1300. The molecule has 32 heavy (non-hydrogen) atoms. The van der Waals surface area contributed by atoms with Gasteiger partial charge in [-0.25, -0.2) is 8.42 Å². The van der Waals surface area contributed by atoms with Gasteiger partial charge in [0.15, 0.2) is 5.78 Å². The molecule has 0 spiro atoms. The molecular weight excluding hydrogens is 422 g/mol. The minimum atomic E-state index is -3.84. The van der Waals surface area contributed by atoms with Crippen LogP contribution in [0.25, 0.3) is 10.8 Å². The van der Waals surface area contributed by atoms with Gasteiger partial charge in [0.25, 0.3) is 10.0 Å². The van der Waals surface area contributed by atoms with Crippen molar-refractivity contribution in [2.45, 2.75) is 24.3 Å². The Kier molecular flexibility index (Phi) is 5.18. The molecule has 6 nitrogen and oxygen atoms in total. The number of rotatable bonds is 3. The first-order valence-corrected chi connectivity index (χ1v) is 12.4. The predicted molar refractivity (Wildman–Crippen MR) is 128 cm³/mol. The summed E-state index contributed by atoms with van der Waals surface area (Å²) in [7, 11) is -1.76. The van der Waals surface area contributed by atoms with Crippen molar-refractivity contribution in [1.82, 2.24) is 4.90 Å². The molecule has 0 bridgehead atoms. The van der Waals surface area contributed by atoms with Crippen molar-refractivity contribution < 1.29 is 13.2 Å². The largest absolute Gasteiger partial charge is 0.368 e. The van der Waals surface area contributed by atoms with Crippen LogP contribution in [0.1, 0.15) is 23.7 Å². The number of benzene rings is 3. The molecule has 3 aromatic rings. The maximum Gasteiger partial charge on any atom is 0.264 e. The zero-order chi connectivity index (χ0) is 22.5. The quantitative estimate of drug-likeness (QED) is 0.609. The van der Waals surface area contributed by atoms with Gasteiger partial charge in [-0.1, -0.05) is 36.4 Å². The second kappa shape index (κ2) is 7.90. The molecule has 1 saturated heterocycles. The van der Waals surface area contributed by atoms with Gasteiger partial charge in [0.05, 0.1) is 16.1 Å². The van der Waals surface area contributed by atoms with Crippen molar-refractivity contribution in [3.05, 3.63) is 66.2 Å². The summed E-state index contributed by atoms with van der Waals surface area (Å²) < 4.78 is 29.1. The third-order valence-electron chi connectivity index (χ3n) is 6.54. The molecule has 0 N–H and O–H groups in total. The topological polar surface area (TPSA) is 60.9 Å². The molecule has 3 aromatic carbocycles. The van der Waals surface area contributed by atoms with Crippen LogP contribution < -0.4 is 9.21 Å². The highest BCUT2D eigenvalue weighted by molar-refractivity contribution is 7.92. The van der Waals surface area contributed by atoms with E-state index in [-0.39, 0.29) is 17.1 Å². The molecule has 7 heteroatoms. The summed E-state index contributed by atoms with van der Waals surface area (Å²) in [6.45, 7) is 5.25. The number of carbonyl (C=O) groups is 1. The van der Waals surface area contributed by atoms with E-state index in [1.165, 1.54) is 4.31 Å². The van der Waals surface area contributed by atoms with E-state index in [0.717, 1.165) is 42.6 Å². The van der Waals surface area contributed by atoms with Crippen molar-refractivity contribution in [3.8, 4) is 0 Å². The summed E-state index contributed by atoms with van der Waals surface area (Å²) in [5.74, 6) is 0.00647. The van der Waals surface area contributed by atoms with Crippen LogP contribution in [0.2, 0.25) is 0 Å².